The number of imidazole rings is 1. The van der Waals surface area contributed by atoms with Crippen LogP contribution in [0.3, 0.4) is 0 Å². The molecule has 326 valence electrons. The van der Waals surface area contributed by atoms with Crippen LogP contribution in [0.25, 0.3) is 27.7 Å². The number of nitrogens with zero attached hydrogens (tertiary/aromatic N) is 6. The Hall–Kier alpha value is -4.96. The second kappa shape index (κ2) is 18.2. The van der Waals surface area contributed by atoms with Crippen LogP contribution in [0.2, 0.25) is 0 Å². The molecule has 3 aliphatic rings. The number of rotatable bonds is 11. The zero-order valence-corrected chi connectivity index (χ0v) is 37.7. The highest BCUT2D eigenvalue weighted by Gasteiger charge is 2.50. The first-order valence-electron chi connectivity index (χ1n) is 21.3. The van der Waals surface area contributed by atoms with Gasteiger partial charge in [-0.05, 0) is 69.6 Å². The van der Waals surface area contributed by atoms with Crippen molar-refractivity contribution in [2.24, 2.45) is 35.2 Å². The summed E-state index contributed by atoms with van der Waals surface area (Å²) in [5, 5.41) is 8.05. The number of methoxy groups -OCH3 is 1. The fraction of sp³-hybridized carbons (Fsp3) is 0.522. The van der Waals surface area contributed by atoms with E-state index >= 15 is 0 Å². The van der Waals surface area contributed by atoms with E-state index in [1.807, 2.05) is 63.9 Å². The smallest absolute Gasteiger partial charge is 0.324 e. The van der Waals surface area contributed by atoms with Crippen LogP contribution >= 0.6 is 11.3 Å². The molecule has 2 N–H and O–H groups in total. The van der Waals surface area contributed by atoms with Crippen molar-refractivity contribution in [2.45, 2.75) is 98.6 Å². The van der Waals surface area contributed by atoms with Gasteiger partial charge in [0.25, 0.3) is 5.91 Å². The molecule has 1 saturated heterocycles. The number of aromatic nitrogens is 4. The molecule has 15 heteroatoms. The highest BCUT2D eigenvalue weighted by atomic mass is 32.1. The molecule has 61 heavy (non-hydrogen) atoms. The van der Waals surface area contributed by atoms with Crippen LogP contribution in [0, 0.1) is 23.2 Å². The number of carbonyl (C=O) groups excluding carboxylic acids is 3. The molecule has 0 spiro atoms. The average molecular weight is 853 g/mol. The van der Waals surface area contributed by atoms with Gasteiger partial charge in [-0.3, -0.25) is 24.4 Å². The van der Waals surface area contributed by atoms with Gasteiger partial charge in [0.2, 0.25) is 5.91 Å². The van der Waals surface area contributed by atoms with Crippen molar-refractivity contribution in [3.63, 3.8) is 0 Å². The first-order chi connectivity index (χ1) is 29.2. The predicted molar refractivity (Wildman–Crippen MR) is 238 cm³/mol. The molecule has 2 aliphatic heterocycles. The largest absolute Gasteiger partial charge is 0.464 e. The number of allylic oxidation sites excluding steroid dienone is 2. The van der Waals surface area contributed by atoms with Crippen molar-refractivity contribution in [1.82, 2.24) is 34.9 Å². The lowest BCUT2D eigenvalue weighted by Gasteiger charge is -2.37. The number of hydrazine groups is 1. The molecule has 0 radical (unpaired) electrons. The molecule has 5 heterocycles. The molecule has 14 nitrogen and oxygen atoms in total. The zero-order chi connectivity index (χ0) is 43.7. The van der Waals surface area contributed by atoms with Gasteiger partial charge >= 0.3 is 5.97 Å². The molecule has 6 bridgehead atoms. The molecular formula is C46H60N8O6S. The third-order valence-electron chi connectivity index (χ3n) is 12.5. The number of thiazole rings is 1. The summed E-state index contributed by atoms with van der Waals surface area (Å²) in [4.78, 5) is 57.0. The first-order valence-corrected chi connectivity index (χ1v) is 22.2. The van der Waals surface area contributed by atoms with E-state index < -0.39 is 35.5 Å². The van der Waals surface area contributed by atoms with Crippen molar-refractivity contribution < 1.29 is 28.6 Å². The summed E-state index contributed by atoms with van der Waals surface area (Å²) in [6, 6.07) is 4.47. The maximum atomic E-state index is 14.6. The quantitative estimate of drug-likeness (QED) is 0.0959. The van der Waals surface area contributed by atoms with E-state index in [-0.39, 0.29) is 43.0 Å². The van der Waals surface area contributed by atoms with Crippen molar-refractivity contribution in [1.29, 1.82) is 0 Å². The van der Waals surface area contributed by atoms with E-state index in [9.17, 15) is 14.4 Å². The zero-order valence-electron chi connectivity index (χ0n) is 36.9. The molecule has 1 saturated carbocycles. The maximum Gasteiger partial charge on any atom is 0.324 e. The van der Waals surface area contributed by atoms with Gasteiger partial charge in [-0.2, -0.15) is 0 Å². The summed E-state index contributed by atoms with van der Waals surface area (Å²) < 4.78 is 22.7. The van der Waals surface area contributed by atoms with Gasteiger partial charge in [-0.15, -0.1) is 11.3 Å². The summed E-state index contributed by atoms with van der Waals surface area (Å²) >= 11 is 1.39. The number of carbonyl (C=O) groups is 3. The average Bonchev–Trinajstić information content (AvgIpc) is 3.65. The molecule has 7 atom stereocenters. The Kier molecular flexibility index (Phi) is 13.1. The number of aliphatic imine (C=N–C) groups is 1. The summed E-state index contributed by atoms with van der Waals surface area (Å²) in [5.41, 5.74) is 8.64. The molecule has 2 amide bonds. The van der Waals surface area contributed by atoms with Gasteiger partial charge in [0, 0.05) is 84.7 Å². The van der Waals surface area contributed by atoms with Crippen molar-refractivity contribution >= 4 is 51.8 Å². The predicted octanol–water partition coefficient (Wildman–Crippen LogP) is 6.65. The standard InChI is InChI=1S/C46H60N8O6S/c1-11-30(38(47-12-2)28(6)58-10)40-32-22-46(7,8)25-60-45(57)33-15-14-19-54(51-33)44(56)39(50-42(55)37-26(4)27(37)5)41(59-13-3)43-49-34(24-61-43)29-16-17-35(31(32)21-29)53(40)23-36-48-18-20-52(36)9/h11-12,16-18,20-21,24,26-28,33,37,39,41,51H,1,13-15,19,22-23,25H2,2-10H3,(H,50,55)/b38-30+,47-12-/t26-,27+,28-,33-,37+,39-,41-/m0/s1. The minimum atomic E-state index is -1.10. The van der Waals surface area contributed by atoms with Crippen LogP contribution < -0.4 is 10.7 Å². The lowest BCUT2D eigenvalue weighted by atomic mass is 9.84. The highest BCUT2D eigenvalue weighted by molar-refractivity contribution is 7.10. The number of amides is 2. The van der Waals surface area contributed by atoms with Crippen LogP contribution in [-0.4, -0.2) is 93.2 Å². The normalized spacial score (nSPS) is 25.2. The van der Waals surface area contributed by atoms with E-state index in [0.717, 1.165) is 44.8 Å². The number of nitrogens with one attached hydrogen (secondary N) is 2. The number of aryl methyl sites for hydroxylation is 1. The van der Waals surface area contributed by atoms with Gasteiger partial charge < -0.3 is 28.7 Å². The summed E-state index contributed by atoms with van der Waals surface area (Å²) in [6.45, 7) is 19.5. The van der Waals surface area contributed by atoms with Crippen molar-refractivity contribution in [3.8, 4) is 11.3 Å². The summed E-state index contributed by atoms with van der Waals surface area (Å²) in [6.07, 6.45) is 7.67. The third-order valence-corrected chi connectivity index (χ3v) is 13.4. The lowest BCUT2D eigenvalue weighted by Crippen LogP contribution is -2.61. The van der Waals surface area contributed by atoms with E-state index in [0.29, 0.717) is 43.1 Å². The minimum absolute atomic E-state index is 0.114. The molecule has 3 aromatic heterocycles. The molecule has 4 aromatic rings. The van der Waals surface area contributed by atoms with E-state index in [4.69, 9.17) is 29.2 Å². The van der Waals surface area contributed by atoms with Gasteiger partial charge in [-0.1, -0.05) is 46.4 Å². The monoisotopic (exact) mass is 852 g/mol. The van der Waals surface area contributed by atoms with Crippen molar-refractivity contribution in [2.75, 3.05) is 26.9 Å². The Bertz CT molecular complexity index is 2350. The van der Waals surface area contributed by atoms with E-state index in [1.165, 1.54) is 16.3 Å². The molecule has 1 aromatic carbocycles. The Morgan fingerprint density at radius 3 is 2.67 bits per heavy atom. The van der Waals surface area contributed by atoms with Crippen molar-refractivity contribution in [3.05, 3.63) is 76.4 Å². The minimum Gasteiger partial charge on any atom is -0.464 e. The third kappa shape index (κ3) is 8.88. The van der Waals surface area contributed by atoms with Gasteiger partial charge in [0.05, 0.1) is 36.3 Å². The second-order valence-corrected chi connectivity index (χ2v) is 18.2. The molecule has 0 unspecified atom stereocenters. The number of fused-ring (bicyclic) bond motifs is 6. The topological polar surface area (TPSA) is 154 Å². The fourth-order valence-corrected chi connectivity index (χ4v) is 9.68. The first kappa shape index (κ1) is 44.1. The lowest BCUT2D eigenvalue weighted by molar-refractivity contribution is -0.156. The van der Waals surface area contributed by atoms with Crippen LogP contribution in [-0.2, 0) is 48.6 Å². The fourth-order valence-electron chi connectivity index (χ4n) is 8.77. The Morgan fingerprint density at radius 2 is 2.02 bits per heavy atom. The van der Waals surface area contributed by atoms with Crippen LogP contribution in [0.4, 0.5) is 0 Å². The Labute approximate surface area is 362 Å². The number of hydrogen-bond acceptors (Lipinski definition) is 11. The molecule has 1 aliphatic carbocycles. The summed E-state index contributed by atoms with van der Waals surface area (Å²) in [7, 11) is 3.65. The number of cyclic esters (lactones) is 1. The Morgan fingerprint density at radius 1 is 1.25 bits per heavy atom. The number of benzene rings is 1. The maximum absolute atomic E-state index is 14.6. The SMILES string of the molecule is C=C/C(=C(\N=C/C)[C@H](C)OC)c1c2c3cc(ccc3n1Cc1nccn1C)-c1csc(n1)[C@@H](OCC)[C@H](NC(=O)[C@H]1[C@H](C)[C@@H]1C)C(=O)N1CCC[C@H](N1)C(=O)OCC(C)(C)C2. The van der Waals surface area contributed by atoms with E-state index in [2.05, 4.69) is 53.9 Å². The molecular weight excluding hydrogens is 793 g/mol. The Balaban J connectivity index is 1.45. The molecule has 7 rings (SSSR count). The number of esters is 1. The van der Waals surface area contributed by atoms with Crippen LogP contribution in [0.1, 0.15) is 89.5 Å². The van der Waals surface area contributed by atoms with Crippen LogP contribution in [0.15, 0.2) is 59.3 Å². The summed E-state index contributed by atoms with van der Waals surface area (Å²) in [5.74, 6) is 0.0310. The van der Waals surface area contributed by atoms with Gasteiger partial charge in [0.1, 0.15) is 29.0 Å². The highest BCUT2D eigenvalue weighted by Crippen LogP contribution is 2.46. The van der Waals surface area contributed by atoms with E-state index in [1.54, 1.807) is 19.5 Å². The number of hydrogen-bond donors (Lipinski definition) is 2. The van der Waals surface area contributed by atoms with Crippen LogP contribution in [0.5, 0.6) is 0 Å². The second-order valence-electron chi connectivity index (χ2n) is 17.3. The number of ether oxygens (including phenoxy) is 3. The molecule has 2 fully saturated rings. The van der Waals surface area contributed by atoms with Gasteiger partial charge in [0.15, 0.2) is 0 Å². The van der Waals surface area contributed by atoms with Gasteiger partial charge in [-0.25, -0.2) is 15.4 Å².